The summed E-state index contributed by atoms with van der Waals surface area (Å²) in [6, 6.07) is 7.25. The van der Waals surface area contributed by atoms with E-state index >= 15 is 0 Å². The fraction of sp³-hybridized carbons (Fsp3) is 0.143. The second-order valence-electron chi connectivity index (χ2n) is 4.40. The molecule has 2 rings (SSSR count). The molecule has 4 N–H and O–H groups in total. The lowest BCUT2D eigenvalue weighted by Gasteiger charge is -2.08. The Morgan fingerprint density at radius 2 is 1.79 bits per heavy atom. The van der Waals surface area contributed by atoms with Crippen LogP contribution in [0.1, 0.15) is 21.5 Å². The van der Waals surface area contributed by atoms with E-state index in [0.717, 1.165) is 11.1 Å². The number of benzene rings is 1. The molecule has 5 nitrogen and oxygen atoms in total. The summed E-state index contributed by atoms with van der Waals surface area (Å²) in [6.45, 7) is 3.95. The van der Waals surface area contributed by atoms with E-state index in [1.807, 2.05) is 32.0 Å². The van der Waals surface area contributed by atoms with Crippen molar-refractivity contribution in [1.29, 1.82) is 0 Å². The molecule has 2 aromatic rings. The minimum Gasteiger partial charge on any atom is -0.439 e. The topological polar surface area (TPSA) is 91.2 Å². The Bertz CT molecular complexity index is 618. The van der Waals surface area contributed by atoms with Crippen LogP contribution >= 0.6 is 0 Å². The number of amides is 1. The lowest BCUT2D eigenvalue weighted by Crippen LogP contribution is -2.13. The van der Waals surface area contributed by atoms with E-state index in [1.54, 1.807) is 0 Å². The number of aromatic nitrogens is 1. The first-order chi connectivity index (χ1) is 8.95. The molecule has 1 heterocycles. The molecular weight excluding hydrogens is 242 g/mol. The van der Waals surface area contributed by atoms with Crippen molar-refractivity contribution in [3.8, 4) is 11.6 Å². The van der Waals surface area contributed by atoms with Crippen molar-refractivity contribution >= 4 is 11.6 Å². The number of carbonyl (C=O) groups is 1. The highest BCUT2D eigenvalue weighted by molar-refractivity contribution is 5.98. The van der Waals surface area contributed by atoms with Gasteiger partial charge in [-0.25, -0.2) is 4.98 Å². The summed E-state index contributed by atoms with van der Waals surface area (Å²) in [5.41, 5.74) is 13.4. The Balaban J connectivity index is 2.33. The summed E-state index contributed by atoms with van der Waals surface area (Å²) in [6.07, 6.45) is 1.36. The van der Waals surface area contributed by atoms with Gasteiger partial charge in [0.25, 0.3) is 5.91 Å². The minimum atomic E-state index is -0.606. The van der Waals surface area contributed by atoms with Gasteiger partial charge in [0, 0.05) is 6.07 Å². The number of aryl methyl sites for hydroxylation is 2. The third-order valence-corrected chi connectivity index (χ3v) is 2.59. The molecule has 0 radical (unpaired) electrons. The molecule has 0 atom stereocenters. The molecule has 0 saturated heterocycles. The van der Waals surface area contributed by atoms with Crippen molar-refractivity contribution < 1.29 is 9.53 Å². The average Bonchev–Trinajstić information content (AvgIpc) is 2.30. The summed E-state index contributed by atoms with van der Waals surface area (Å²) in [4.78, 5) is 15.2. The third-order valence-electron chi connectivity index (χ3n) is 2.59. The molecule has 0 aliphatic rings. The first-order valence-electron chi connectivity index (χ1n) is 5.77. The van der Waals surface area contributed by atoms with E-state index in [1.165, 1.54) is 12.3 Å². The van der Waals surface area contributed by atoms with Crippen molar-refractivity contribution in [1.82, 2.24) is 4.98 Å². The molecule has 98 valence electrons. The maximum absolute atomic E-state index is 11.2. The second kappa shape index (κ2) is 4.97. The summed E-state index contributed by atoms with van der Waals surface area (Å²) in [5.74, 6) is 0.336. The van der Waals surface area contributed by atoms with Gasteiger partial charge in [0.1, 0.15) is 5.75 Å². The Morgan fingerprint density at radius 1 is 1.16 bits per heavy atom. The van der Waals surface area contributed by atoms with Crippen LogP contribution in [0.3, 0.4) is 0 Å². The molecule has 19 heavy (non-hydrogen) atoms. The van der Waals surface area contributed by atoms with Gasteiger partial charge in [-0.05, 0) is 37.1 Å². The van der Waals surface area contributed by atoms with E-state index in [4.69, 9.17) is 16.2 Å². The SMILES string of the molecule is Cc1cc(C)cc(Oc2cc(C(N)=O)c(N)cn2)c1. The summed E-state index contributed by atoms with van der Waals surface area (Å²) < 4.78 is 5.61. The van der Waals surface area contributed by atoms with Crippen molar-refractivity contribution in [2.45, 2.75) is 13.8 Å². The fourth-order valence-corrected chi connectivity index (χ4v) is 1.83. The molecule has 0 aliphatic heterocycles. The van der Waals surface area contributed by atoms with Crippen LogP contribution in [-0.4, -0.2) is 10.9 Å². The van der Waals surface area contributed by atoms with Crippen molar-refractivity contribution in [2.75, 3.05) is 5.73 Å². The number of anilines is 1. The number of nitrogens with two attached hydrogens (primary N) is 2. The lowest BCUT2D eigenvalue weighted by atomic mass is 10.1. The monoisotopic (exact) mass is 257 g/mol. The van der Waals surface area contributed by atoms with Crippen LogP contribution in [0, 0.1) is 13.8 Å². The fourth-order valence-electron chi connectivity index (χ4n) is 1.83. The minimum absolute atomic E-state index is 0.203. The highest BCUT2D eigenvalue weighted by Gasteiger charge is 2.09. The number of pyridine rings is 1. The maximum Gasteiger partial charge on any atom is 0.251 e. The van der Waals surface area contributed by atoms with Crippen LogP contribution in [0.25, 0.3) is 0 Å². The Kier molecular flexibility index (Phi) is 3.37. The van der Waals surface area contributed by atoms with Crippen LogP contribution in [0.5, 0.6) is 11.6 Å². The Morgan fingerprint density at radius 3 is 2.37 bits per heavy atom. The second-order valence-corrected chi connectivity index (χ2v) is 4.40. The molecule has 0 saturated carbocycles. The first-order valence-corrected chi connectivity index (χ1v) is 5.77. The van der Waals surface area contributed by atoms with Crippen molar-refractivity contribution in [3.63, 3.8) is 0 Å². The summed E-state index contributed by atoms with van der Waals surface area (Å²) in [5, 5.41) is 0. The van der Waals surface area contributed by atoms with E-state index in [9.17, 15) is 4.79 Å². The number of nitrogens with zero attached hydrogens (tertiary/aromatic N) is 1. The molecule has 1 aromatic carbocycles. The molecular formula is C14H15N3O2. The van der Waals surface area contributed by atoms with E-state index in [2.05, 4.69) is 4.98 Å². The normalized spacial score (nSPS) is 10.2. The molecule has 0 fully saturated rings. The zero-order chi connectivity index (χ0) is 14.0. The lowest BCUT2D eigenvalue weighted by molar-refractivity contribution is 0.100. The number of ether oxygens (including phenoxy) is 1. The molecule has 0 unspecified atom stereocenters. The number of carbonyl (C=O) groups excluding carboxylic acids is 1. The number of nitrogen functional groups attached to an aromatic ring is 1. The van der Waals surface area contributed by atoms with E-state index < -0.39 is 5.91 Å². The first kappa shape index (κ1) is 12.9. The van der Waals surface area contributed by atoms with Gasteiger partial charge in [-0.15, -0.1) is 0 Å². The van der Waals surface area contributed by atoms with Gasteiger partial charge in [0.2, 0.25) is 5.88 Å². The van der Waals surface area contributed by atoms with Crippen LogP contribution < -0.4 is 16.2 Å². The number of hydrogen-bond acceptors (Lipinski definition) is 4. The quantitative estimate of drug-likeness (QED) is 0.881. The predicted molar refractivity (Wildman–Crippen MR) is 73.2 cm³/mol. The molecule has 0 bridgehead atoms. The van der Waals surface area contributed by atoms with Gasteiger partial charge in [-0.3, -0.25) is 4.79 Å². The average molecular weight is 257 g/mol. The van der Waals surface area contributed by atoms with Gasteiger partial charge < -0.3 is 16.2 Å². The number of hydrogen-bond donors (Lipinski definition) is 2. The molecule has 0 spiro atoms. The number of rotatable bonds is 3. The van der Waals surface area contributed by atoms with Gasteiger partial charge in [0.15, 0.2) is 0 Å². The van der Waals surface area contributed by atoms with Crippen molar-refractivity contribution in [3.05, 3.63) is 47.2 Å². The Hall–Kier alpha value is -2.56. The third kappa shape index (κ3) is 3.01. The van der Waals surface area contributed by atoms with Crippen LogP contribution in [0.4, 0.5) is 5.69 Å². The molecule has 5 heteroatoms. The van der Waals surface area contributed by atoms with Gasteiger partial charge in [0.05, 0.1) is 17.4 Å². The predicted octanol–water partition coefficient (Wildman–Crippen LogP) is 2.17. The highest BCUT2D eigenvalue weighted by Crippen LogP contribution is 2.24. The molecule has 1 amide bonds. The zero-order valence-corrected chi connectivity index (χ0v) is 10.8. The van der Waals surface area contributed by atoms with Crippen LogP contribution in [0.2, 0.25) is 0 Å². The van der Waals surface area contributed by atoms with E-state index in [-0.39, 0.29) is 17.1 Å². The molecule has 1 aromatic heterocycles. The number of primary amides is 1. The largest absolute Gasteiger partial charge is 0.439 e. The highest BCUT2D eigenvalue weighted by atomic mass is 16.5. The van der Waals surface area contributed by atoms with Crippen molar-refractivity contribution in [2.24, 2.45) is 5.73 Å². The van der Waals surface area contributed by atoms with Crippen LogP contribution in [0.15, 0.2) is 30.5 Å². The van der Waals surface area contributed by atoms with Gasteiger partial charge in [-0.1, -0.05) is 6.07 Å². The summed E-state index contributed by atoms with van der Waals surface area (Å²) in [7, 11) is 0. The van der Waals surface area contributed by atoms with Crippen LogP contribution in [-0.2, 0) is 0 Å². The summed E-state index contributed by atoms with van der Waals surface area (Å²) >= 11 is 0. The smallest absolute Gasteiger partial charge is 0.251 e. The van der Waals surface area contributed by atoms with E-state index in [0.29, 0.717) is 5.75 Å². The molecule has 0 aliphatic carbocycles. The van der Waals surface area contributed by atoms with Gasteiger partial charge >= 0.3 is 0 Å². The van der Waals surface area contributed by atoms with Gasteiger partial charge in [-0.2, -0.15) is 0 Å². The standard InChI is InChI=1S/C14H15N3O2/c1-8-3-9(2)5-10(4-8)19-13-6-11(14(16)18)12(15)7-17-13/h3-7H,15H2,1-2H3,(H2,16,18). The zero-order valence-electron chi connectivity index (χ0n) is 10.8. The maximum atomic E-state index is 11.2. The Labute approximate surface area is 111 Å².